The van der Waals surface area contributed by atoms with Gasteiger partial charge >= 0.3 is 0 Å². The van der Waals surface area contributed by atoms with Crippen molar-refractivity contribution in [1.29, 1.82) is 0 Å². The Hall–Kier alpha value is -1.40. The van der Waals surface area contributed by atoms with Gasteiger partial charge in [0.25, 0.3) is 0 Å². The first-order valence-corrected chi connectivity index (χ1v) is 7.52. The maximum absolute atomic E-state index is 9.55. The summed E-state index contributed by atoms with van der Waals surface area (Å²) in [5.41, 5.74) is 0. The fraction of sp³-hybridized carbons (Fsp3) is 0.538. The zero-order valence-corrected chi connectivity index (χ0v) is 11.7. The molecule has 0 spiro atoms. The Morgan fingerprint density at radius 2 is 2.05 bits per heavy atom. The summed E-state index contributed by atoms with van der Waals surface area (Å²) in [7, 11) is 1.83. The van der Waals surface area contributed by atoms with Crippen LogP contribution in [0.4, 0.5) is 11.8 Å². The predicted octanol–water partition coefficient (Wildman–Crippen LogP) is 2.45. The van der Waals surface area contributed by atoms with E-state index in [1.807, 2.05) is 12.4 Å². The quantitative estimate of drug-likeness (QED) is 0.804. The lowest BCUT2D eigenvalue weighted by Crippen LogP contribution is -2.28. The molecule has 5 nitrogen and oxygen atoms in total. The average molecular weight is 278 g/mol. The highest BCUT2D eigenvalue weighted by molar-refractivity contribution is 7.16. The van der Waals surface area contributed by atoms with Crippen LogP contribution in [0.5, 0.6) is 0 Å². The molecule has 3 rings (SSSR count). The Balaban J connectivity index is 1.85. The molecule has 0 radical (unpaired) electrons. The van der Waals surface area contributed by atoms with Crippen molar-refractivity contribution in [3.63, 3.8) is 0 Å². The van der Waals surface area contributed by atoms with Crippen LogP contribution in [0.15, 0.2) is 11.4 Å². The van der Waals surface area contributed by atoms with Crippen molar-refractivity contribution < 1.29 is 5.11 Å². The van der Waals surface area contributed by atoms with Crippen LogP contribution in [0.1, 0.15) is 25.7 Å². The van der Waals surface area contributed by atoms with E-state index in [0.717, 1.165) is 41.7 Å². The third-order valence-corrected chi connectivity index (χ3v) is 4.39. The second-order valence-electron chi connectivity index (χ2n) is 4.94. The number of nitrogens with one attached hydrogen (secondary N) is 2. The minimum absolute atomic E-state index is 0.127. The molecule has 0 amide bonds. The number of thiophene rings is 1. The van der Waals surface area contributed by atoms with Crippen molar-refractivity contribution in [1.82, 2.24) is 9.97 Å². The Labute approximate surface area is 116 Å². The first-order valence-electron chi connectivity index (χ1n) is 6.64. The fourth-order valence-electron chi connectivity index (χ4n) is 2.49. The second kappa shape index (κ2) is 5.30. The van der Waals surface area contributed by atoms with E-state index < -0.39 is 0 Å². The number of fused-ring (bicyclic) bond motifs is 1. The number of aliphatic hydroxyl groups is 1. The summed E-state index contributed by atoms with van der Waals surface area (Å²) in [6, 6.07) is 2.45. The lowest BCUT2D eigenvalue weighted by atomic mass is 9.93. The maximum Gasteiger partial charge on any atom is 0.225 e. The Morgan fingerprint density at radius 1 is 1.26 bits per heavy atom. The molecular weight excluding hydrogens is 260 g/mol. The number of hydrogen-bond acceptors (Lipinski definition) is 6. The van der Waals surface area contributed by atoms with Gasteiger partial charge in [0.2, 0.25) is 5.95 Å². The highest BCUT2D eigenvalue weighted by Gasteiger charge is 2.20. The molecule has 1 saturated carbocycles. The summed E-state index contributed by atoms with van der Waals surface area (Å²) in [5.74, 6) is 1.55. The van der Waals surface area contributed by atoms with Gasteiger partial charge in [-0.2, -0.15) is 4.98 Å². The summed E-state index contributed by atoms with van der Waals surface area (Å²) < 4.78 is 0. The minimum Gasteiger partial charge on any atom is -0.393 e. The highest BCUT2D eigenvalue weighted by Crippen LogP contribution is 2.29. The standard InChI is InChI=1S/C13H18N4OS/c1-14-13-16-11(10-6-7-19-12(10)17-13)15-8-2-4-9(18)5-3-8/h6-9,18H,2-5H2,1H3,(H2,14,15,16,17). The first-order chi connectivity index (χ1) is 9.26. The van der Waals surface area contributed by atoms with Gasteiger partial charge in [0.05, 0.1) is 11.5 Å². The van der Waals surface area contributed by atoms with E-state index in [-0.39, 0.29) is 6.10 Å². The Morgan fingerprint density at radius 3 is 2.79 bits per heavy atom. The Kier molecular flexibility index (Phi) is 3.52. The molecule has 2 aromatic heterocycles. The first kappa shape index (κ1) is 12.6. The molecule has 6 heteroatoms. The summed E-state index contributed by atoms with van der Waals surface area (Å²) in [6.07, 6.45) is 3.60. The molecule has 2 heterocycles. The molecule has 0 unspecified atom stereocenters. The highest BCUT2D eigenvalue weighted by atomic mass is 32.1. The molecule has 0 aromatic carbocycles. The average Bonchev–Trinajstić information content (AvgIpc) is 2.89. The van der Waals surface area contributed by atoms with Crippen LogP contribution in [0.2, 0.25) is 0 Å². The monoisotopic (exact) mass is 278 g/mol. The SMILES string of the molecule is CNc1nc(NC2CCC(O)CC2)c2ccsc2n1. The van der Waals surface area contributed by atoms with E-state index >= 15 is 0 Å². The van der Waals surface area contributed by atoms with Crippen LogP contribution >= 0.6 is 11.3 Å². The van der Waals surface area contributed by atoms with Gasteiger partial charge in [-0.3, -0.25) is 0 Å². The normalized spacial score (nSPS) is 23.5. The predicted molar refractivity (Wildman–Crippen MR) is 78.8 cm³/mol. The van der Waals surface area contributed by atoms with Gasteiger partial charge in [-0.15, -0.1) is 11.3 Å². The number of aromatic nitrogens is 2. The summed E-state index contributed by atoms with van der Waals surface area (Å²) in [4.78, 5) is 9.95. The van der Waals surface area contributed by atoms with E-state index in [1.54, 1.807) is 11.3 Å². The van der Waals surface area contributed by atoms with Gasteiger partial charge < -0.3 is 15.7 Å². The molecule has 0 aliphatic heterocycles. The van der Waals surface area contributed by atoms with E-state index in [1.165, 1.54) is 0 Å². The van der Waals surface area contributed by atoms with E-state index in [4.69, 9.17) is 0 Å². The second-order valence-corrected chi connectivity index (χ2v) is 5.83. The van der Waals surface area contributed by atoms with Crippen LogP contribution < -0.4 is 10.6 Å². The molecular formula is C13H18N4OS. The lowest BCUT2D eigenvalue weighted by Gasteiger charge is -2.26. The number of aliphatic hydroxyl groups excluding tert-OH is 1. The molecule has 1 aliphatic rings. The maximum atomic E-state index is 9.55. The molecule has 0 saturated heterocycles. The number of hydrogen-bond donors (Lipinski definition) is 3. The zero-order valence-electron chi connectivity index (χ0n) is 10.9. The van der Waals surface area contributed by atoms with Crippen molar-refractivity contribution in [2.24, 2.45) is 0 Å². The molecule has 102 valence electrons. The van der Waals surface area contributed by atoms with E-state index in [2.05, 4.69) is 26.7 Å². The third kappa shape index (κ3) is 2.64. The van der Waals surface area contributed by atoms with Crippen molar-refractivity contribution in [3.8, 4) is 0 Å². The molecule has 19 heavy (non-hydrogen) atoms. The number of rotatable bonds is 3. The van der Waals surface area contributed by atoms with Crippen molar-refractivity contribution in [2.45, 2.75) is 37.8 Å². The van der Waals surface area contributed by atoms with Crippen molar-refractivity contribution >= 4 is 33.3 Å². The van der Waals surface area contributed by atoms with Crippen LogP contribution in [0.25, 0.3) is 10.2 Å². The molecule has 1 aliphatic carbocycles. The summed E-state index contributed by atoms with van der Waals surface area (Å²) in [5, 5.41) is 19.2. The summed E-state index contributed by atoms with van der Waals surface area (Å²) in [6.45, 7) is 0. The van der Waals surface area contributed by atoms with Gasteiger partial charge in [0.15, 0.2) is 0 Å². The topological polar surface area (TPSA) is 70.1 Å². The largest absolute Gasteiger partial charge is 0.393 e. The van der Waals surface area contributed by atoms with E-state index in [9.17, 15) is 5.11 Å². The third-order valence-electron chi connectivity index (χ3n) is 3.59. The van der Waals surface area contributed by atoms with Gasteiger partial charge in [0.1, 0.15) is 10.6 Å². The fourth-order valence-corrected chi connectivity index (χ4v) is 3.25. The zero-order chi connectivity index (χ0) is 13.2. The van der Waals surface area contributed by atoms with Gasteiger partial charge in [-0.05, 0) is 37.1 Å². The number of anilines is 2. The van der Waals surface area contributed by atoms with Crippen LogP contribution in [0.3, 0.4) is 0 Å². The lowest BCUT2D eigenvalue weighted by molar-refractivity contribution is 0.126. The Bertz CT molecular complexity index is 563. The van der Waals surface area contributed by atoms with E-state index in [0.29, 0.717) is 12.0 Å². The molecule has 2 aromatic rings. The van der Waals surface area contributed by atoms with Crippen molar-refractivity contribution in [2.75, 3.05) is 17.7 Å². The molecule has 1 fully saturated rings. The molecule has 3 N–H and O–H groups in total. The van der Waals surface area contributed by atoms with Gasteiger partial charge in [-0.25, -0.2) is 4.98 Å². The smallest absolute Gasteiger partial charge is 0.225 e. The number of nitrogens with zero attached hydrogens (tertiary/aromatic N) is 2. The van der Waals surface area contributed by atoms with Crippen LogP contribution in [-0.2, 0) is 0 Å². The minimum atomic E-state index is -0.127. The van der Waals surface area contributed by atoms with Gasteiger partial charge in [-0.1, -0.05) is 0 Å². The van der Waals surface area contributed by atoms with Crippen LogP contribution in [-0.4, -0.2) is 34.3 Å². The summed E-state index contributed by atoms with van der Waals surface area (Å²) >= 11 is 1.62. The van der Waals surface area contributed by atoms with Gasteiger partial charge in [0, 0.05) is 13.1 Å². The van der Waals surface area contributed by atoms with Crippen molar-refractivity contribution in [3.05, 3.63) is 11.4 Å². The van der Waals surface area contributed by atoms with Crippen LogP contribution in [0, 0.1) is 0 Å². The molecule has 0 bridgehead atoms. The molecule has 0 atom stereocenters.